The molecule has 0 atom stereocenters. The molecule has 0 fully saturated rings. The second-order valence-electron chi connectivity index (χ2n) is 2.77. The summed E-state index contributed by atoms with van der Waals surface area (Å²) in [5.41, 5.74) is 0.0813. The number of aliphatic hydroxyl groups excluding tert-OH is 1. The van der Waals surface area contributed by atoms with Crippen molar-refractivity contribution in [2.24, 2.45) is 0 Å². The maximum absolute atomic E-state index is 12.7. The Balaban J connectivity index is 3.08. The molecule has 15 heavy (non-hydrogen) atoms. The molecular formula is C11H9FO3. The highest BCUT2D eigenvalue weighted by Gasteiger charge is 2.09. The van der Waals surface area contributed by atoms with Crippen LogP contribution in [0.4, 0.5) is 4.39 Å². The van der Waals surface area contributed by atoms with Crippen molar-refractivity contribution in [1.82, 2.24) is 0 Å². The Morgan fingerprint density at radius 3 is 2.80 bits per heavy atom. The van der Waals surface area contributed by atoms with Crippen LogP contribution < -0.4 is 0 Å². The molecule has 0 radical (unpaired) electrons. The second kappa shape index (κ2) is 5.13. The van der Waals surface area contributed by atoms with Crippen LogP contribution in [0.25, 0.3) is 0 Å². The number of aromatic carboxylic acids is 1. The molecule has 3 nitrogen and oxygen atoms in total. The molecule has 78 valence electrons. The molecule has 0 aromatic heterocycles. The average molecular weight is 208 g/mol. The van der Waals surface area contributed by atoms with Crippen molar-refractivity contribution >= 4 is 5.97 Å². The highest BCUT2D eigenvalue weighted by atomic mass is 19.1. The van der Waals surface area contributed by atoms with E-state index >= 15 is 0 Å². The number of benzene rings is 1. The van der Waals surface area contributed by atoms with Crippen molar-refractivity contribution in [2.75, 3.05) is 6.61 Å². The van der Waals surface area contributed by atoms with Crippen molar-refractivity contribution in [2.45, 2.75) is 6.42 Å². The first-order valence-electron chi connectivity index (χ1n) is 4.27. The molecule has 0 aliphatic heterocycles. The van der Waals surface area contributed by atoms with E-state index in [1.54, 1.807) is 0 Å². The van der Waals surface area contributed by atoms with Gasteiger partial charge in [0.25, 0.3) is 0 Å². The Hall–Kier alpha value is -1.86. The number of hydrogen-bond acceptors (Lipinski definition) is 2. The molecule has 0 spiro atoms. The quantitative estimate of drug-likeness (QED) is 0.719. The summed E-state index contributed by atoms with van der Waals surface area (Å²) >= 11 is 0. The lowest BCUT2D eigenvalue weighted by atomic mass is 10.1. The minimum atomic E-state index is -1.22. The van der Waals surface area contributed by atoms with Crippen LogP contribution in [0.15, 0.2) is 18.2 Å². The minimum absolute atomic E-state index is 0.0867. The van der Waals surface area contributed by atoms with E-state index in [0.717, 1.165) is 12.1 Å². The van der Waals surface area contributed by atoms with E-state index in [1.165, 1.54) is 6.07 Å². The van der Waals surface area contributed by atoms with E-state index in [9.17, 15) is 9.18 Å². The van der Waals surface area contributed by atoms with E-state index in [0.29, 0.717) is 0 Å². The number of carbonyl (C=O) groups is 1. The van der Waals surface area contributed by atoms with E-state index in [2.05, 4.69) is 11.8 Å². The number of halogens is 1. The first kappa shape index (κ1) is 11.2. The summed E-state index contributed by atoms with van der Waals surface area (Å²) in [7, 11) is 0. The van der Waals surface area contributed by atoms with Crippen molar-refractivity contribution < 1.29 is 19.4 Å². The van der Waals surface area contributed by atoms with Crippen molar-refractivity contribution in [1.29, 1.82) is 0 Å². The zero-order valence-corrected chi connectivity index (χ0v) is 7.83. The van der Waals surface area contributed by atoms with Gasteiger partial charge in [0.1, 0.15) is 5.82 Å². The van der Waals surface area contributed by atoms with E-state index in [4.69, 9.17) is 10.2 Å². The summed E-state index contributed by atoms with van der Waals surface area (Å²) in [5.74, 6) is 3.31. The summed E-state index contributed by atoms with van der Waals surface area (Å²) in [4.78, 5) is 10.7. The fraction of sp³-hybridized carbons (Fsp3) is 0.182. The van der Waals surface area contributed by atoms with Crippen molar-refractivity contribution in [3.63, 3.8) is 0 Å². The largest absolute Gasteiger partial charge is 0.478 e. The van der Waals surface area contributed by atoms with Crippen molar-refractivity contribution in [3.05, 3.63) is 35.1 Å². The van der Waals surface area contributed by atoms with Crippen LogP contribution in [0.3, 0.4) is 0 Å². The maximum atomic E-state index is 12.7. The fourth-order valence-corrected chi connectivity index (χ4v) is 1.02. The lowest BCUT2D eigenvalue weighted by Gasteiger charge is -1.98. The number of carboxylic acid groups (broad SMARTS) is 1. The average Bonchev–Trinajstić information content (AvgIpc) is 2.20. The minimum Gasteiger partial charge on any atom is -0.478 e. The highest BCUT2D eigenvalue weighted by Crippen LogP contribution is 2.10. The first-order chi connectivity index (χ1) is 7.15. The van der Waals surface area contributed by atoms with Crippen LogP contribution in [0.5, 0.6) is 0 Å². The number of aliphatic hydroxyl groups is 1. The van der Waals surface area contributed by atoms with Gasteiger partial charge in [-0.05, 0) is 18.2 Å². The predicted molar refractivity (Wildman–Crippen MR) is 51.9 cm³/mol. The van der Waals surface area contributed by atoms with Crippen LogP contribution in [-0.2, 0) is 0 Å². The van der Waals surface area contributed by atoms with Crippen molar-refractivity contribution in [3.8, 4) is 11.8 Å². The Labute approximate surface area is 86.2 Å². The molecule has 1 rings (SSSR count). The Kier molecular flexibility index (Phi) is 3.83. The normalized spacial score (nSPS) is 9.20. The van der Waals surface area contributed by atoms with Gasteiger partial charge in [0, 0.05) is 12.0 Å². The number of carboxylic acids is 1. The zero-order valence-electron chi connectivity index (χ0n) is 7.83. The number of hydrogen-bond donors (Lipinski definition) is 2. The first-order valence-corrected chi connectivity index (χ1v) is 4.27. The monoisotopic (exact) mass is 208 g/mol. The van der Waals surface area contributed by atoms with Gasteiger partial charge in [-0.2, -0.15) is 0 Å². The second-order valence-corrected chi connectivity index (χ2v) is 2.77. The Bertz CT molecular complexity index is 429. The van der Waals surface area contributed by atoms with Gasteiger partial charge in [-0.15, -0.1) is 0 Å². The SMILES string of the molecule is O=C(O)c1cc(F)ccc1C#CCCO. The van der Waals surface area contributed by atoms with Crippen LogP contribution in [-0.4, -0.2) is 22.8 Å². The molecule has 1 aromatic carbocycles. The van der Waals surface area contributed by atoms with E-state index in [1.807, 2.05) is 0 Å². The van der Waals surface area contributed by atoms with E-state index in [-0.39, 0.29) is 24.2 Å². The molecule has 0 aliphatic rings. The maximum Gasteiger partial charge on any atom is 0.337 e. The Morgan fingerprint density at radius 1 is 1.47 bits per heavy atom. The van der Waals surface area contributed by atoms with Crippen LogP contribution >= 0.6 is 0 Å². The van der Waals surface area contributed by atoms with Gasteiger partial charge < -0.3 is 10.2 Å². The lowest BCUT2D eigenvalue weighted by Crippen LogP contribution is -2.00. The summed E-state index contributed by atoms with van der Waals surface area (Å²) in [6.07, 6.45) is 0.260. The zero-order chi connectivity index (χ0) is 11.3. The third-order valence-corrected chi connectivity index (χ3v) is 1.67. The molecule has 0 amide bonds. The molecule has 0 aliphatic carbocycles. The van der Waals surface area contributed by atoms with Gasteiger partial charge in [0.05, 0.1) is 12.2 Å². The van der Waals surface area contributed by atoms with Gasteiger partial charge in [-0.25, -0.2) is 9.18 Å². The Morgan fingerprint density at radius 2 is 2.20 bits per heavy atom. The molecule has 0 saturated carbocycles. The predicted octanol–water partition coefficient (Wildman–Crippen LogP) is 1.26. The molecule has 0 saturated heterocycles. The lowest BCUT2D eigenvalue weighted by molar-refractivity contribution is 0.0696. The third-order valence-electron chi connectivity index (χ3n) is 1.67. The van der Waals surface area contributed by atoms with E-state index < -0.39 is 11.8 Å². The van der Waals surface area contributed by atoms with Gasteiger partial charge >= 0.3 is 5.97 Å². The molecular weight excluding hydrogens is 199 g/mol. The molecule has 0 unspecified atom stereocenters. The molecule has 4 heteroatoms. The molecule has 0 heterocycles. The summed E-state index contributed by atoms with van der Waals surface area (Å²) in [5, 5.41) is 17.3. The van der Waals surface area contributed by atoms with Gasteiger partial charge in [0.15, 0.2) is 0 Å². The standard InChI is InChI=1S/C11H9FO3/c12-9-5-4-8(3-1-2-6-13)10(7-9)11(14)15/h4-5,7,13H,2,6H2,(H,14,15). The van der Waals surface area contributed by atoms with Gasteiger partial charge in [-0.1, -0.05) is 11.8 Å². The van der Waals surface area contributed by atoms with Crippen LogP contribution in [0, 0.1) is 17.7 Å². The van der Waals surface area contributed by atoms with Crippen LogP contribution in [0.1, 0.15) is 22.3 Å². The molecule has 1 aromatic rings. The smallest absolute Gasteiger partial charge is 0.337 e. The summed E-state index contributed by atoms with van der Waals surface area (Å²) in [6.45, 7) is -0.0867. The summed E-state index contributed by atoms with van der Waals surface area (Å²) < 4.78 is 12.7. The highest BCUT2D eigenvalue weighted by molar-refractivity contribution is 5.90. The third kappa shape index (κ3) is 3.08. The van der Waals surface area contributed by atoms with Gasteiger partial charge in [0.2, 0.25) is 0 Å². The molecule has 0 bridgehead atoms. The summed E-state index contributed by atoms with van der Waals surface area (Å²) in [6, 6.07) is 3.38. The van der Waals surface area contributed by atoms with Gasteiger partial charge in [-0.3, -0.25) is 0 Å². The van der Waals surface area contributed by atoms with Crippen LogP contribution in [0.2, 0.25) is 0 Å². The topological polar surface area (TPSA) is 57.5 Å². The number of rotatable bonds is 2. The molecule has 2 N–H and O–H groups in total. The fourth-order valence-electron chi connectivity index (χ4n) is 1.02.